The Balaban J connectivity index is 1.87. The monoisotopic (exact) mass is 294 g/mol. The molecule has 1 N–H and O–H groups in total. The van der Waals surface area contributed by atoms with E-state index >= 15 is 0 Å². The maximum Gasteiger partial charge on any atom is 0.225 e. The number of carbonyl (C=O) groups excluding carboxylic acids is 2. The van der Waals surface area contributed by atoms with Gasteiger partial charge < -0.3 is 10.2 Å². The van der Waals surface area contributed by atoms with E-state index in [-0.39, 0.29) is 17.7 Å². The van der Waals surface area contributed by atoms with Crippen molar-refractivity contribution in [3.8, 4) is 0 Å². The smallest absolute Gasteiger partial charge is 0.225 e. The van der Waals surface area contributed by atoms with Gasteiger partial charge in [0.2, 0.25) is 11.8 Å². The van der Waals surface area contributed by atoms with Crippen LogP contribution in [-0.2, 0) is 9.59 Å². The normalized spacial score (nSPS) is 24.4. The zero-order chi connectivity index (χ0) is 15.2. The second-order valence-corrected chi connectivity index (χ2v) is 6.61. The van der Waals surface area contributed by atoms with E-state index in [0.717, 1.165) is 25.7 Å². The highest BCUT2D eigenvalue weighted by Crippen LogP contribution is 2.24. The summed E-state index contributed by atoms with van der Waals surface area (Å²) in [5, 5.41) is 3.20. The molecule has 0 aromatic carbocycles. The van der Waals surface area contributed by atoms with Crippen molar-refractivity contribution >= 4 is 11.8 Å². The van der Waals surface area contributed by atoms with Gasteiger partial charge in [0.15, 0.2) is 0 Å². The summed E-state index contributed by atoms with van der Waals surface area (Å²) in [6, 6.07) is 0.630. The highest BCUT2D eigenvalue weighted by molar-refractivity contribution is 5.89. The Bertz CT molecular complexity index is 358. The molecule has 1 unspecified atom stereocenters. The summed E-state index contributed by atoms with van der Waals surface area (Å²) in [5.74, 6) is 0.120. The lowest BCUT2D eigenvalue weighted by atomic mass is 10.0. The van der Waals surface area contributed by atoms with Gasteiger partial charge in [0.1, 0.15) is 0 Å². The molecule has 1 saturated carbocycles. The average Bonchev–Trinajstić information content (AvgIpc) is 2.70. The number of likely N-dealkylation sites (tertiary alicyclic amines) is 1. The zero-order valence-electron chi connectivity index (χ0n) is 13.6. The van der Waals surface area contributed by atoms with Gasteiger partial charge in [-0.25, -0.2) is 0 Å². The van der Waals surface area contributed by atoms with Crippen molar-refractivity contribution in [2.75, 3.05) is 6.54 Å². The number of nitrogens with zero attached hydrogens (tertiary/aromatic N) is 1. The zero-order valence-corrected chi connectivity index (χ0v) is 13.6. The van der Waals surface area contributed by atoms with Crippen LogP contribution >= 0.6 is 0 Å². The van der Waals surface area contributed by atoms with Crippen molar-refractivity contribution in [2.24, 2.45) is 5.92 Å². The van der Waals surface area contributed by atoms with Gasteiger partial charge in [-0.15, -0.1) is 0 Å². The minimum Gasteiger partial charge on any atom is -0.353 e. The molecule has 120 valence electrons. The average molecular weight is 294 g/mol. The molecule has 2 fully saturated rings. The van der Waals surface area contributed by atoms with E-state index < -0.39 is 0 Å². The minimum absolute atomic E-state index is 0.101. The number of rotatable bonds is 5. The van der Waals surface area contributed by atoms with E-state index in [0.29, 0.717) is 25.0 Å². The number of nitrogens with one attached hydrogen (secondary N) is 1. The van der Waals surface area contributed by atoms with E-state index in [9.17, 15) is 9.59 Å². The molecule has 2 aliphatic rings. The van der Waals surface area contributed by atoms with Crippen molar-refractivity contribution < 1.29 is 9.59 Å². The third-order valence-corrected chi connectivity index (χ3v) is 5.11. The van der Waals surface area contributed by atoms with E-state index in [1.54, 1.807) is 0 Å². The SMILES string of the molecule is CCC(CC)N1CC(C(=O)NC2CCCCCC2)CC1=O. The Morgan fingerprint density at radius 3 is 2.38 bits per heavy atom. The summed E-state index contributed by atoms with van der Waals surface area (Å²) in [4.78, 5) is 26.5. The number of carbonyl (C=O) groups is 2. The number of hydrogen-bond acceptors (Lipinski definition) is 2. The maximum absolute atomic E-state index is 12.4. The Morgan fingerprint density at radius 1 is 1.19 bits per heavy atom. The number of amides is 2. The van der Waals surface area contributed by atoms with Crippen LogP contribution in [0.3, 0.4) is 0 Å². The molecular formula is C17H30N2O2. The van der Waals surface area contributed by atoms with Crippen molar-refractivity contribution in [3.05, 3.63) is 0 Å². The van der Waals surface area contributed by atoms with Crippen LogP contribution in [0.5, 0.6) is 0 Å². The highest BCUT2D eigenvalue weighted by Gasteiger charge is 2.37. The van der Waals surface area contributed by atoms with Gasteiger partial charge in [0.05, 0.1) is 5.92 Å². The predicted octanol–water partition coefficient (Wildman–Crippen LogP) is 2.86. The third kappa shape index (κ3) is 4.21. The van der Waals surface area contributed by atoms with Crippen molar-refractivity contribution in [2.45, 2.75) is 83.7 Å². The van der Waals surface area contributed by atoms with Gasteiger partial charge in [-0.1, -0.05) is 39.5 Å². The Morgan fingerprint density at radius 2 is 1.81 bits per heavy atom. The van der Waals surface area contributed by atoms with E-state index in [2.05, 4.69) is 19.2 Å². The highest BCUT2D eigenvalue weighted by atomic mass is 16.2. The number of hydrogen-bond donors (Lipinski definition) is 1. The molecule has 0 aromatic heterocycles. The second-order valence-electron chi connectivity index (χ2n) is 6.61. The van der Waals surface area contributed by atoms with Crippen LogP contribution in [0.1, 0.15) is 71.6 Å². The van der Waals surface area contributed by atoms with Crippen LogP contribution in [0.2, 0.25) is 0 Å². The van der Waals surface area contributed by atoms with Crippen LogP contribution < -0.4 is 5.32 Å². The summed E-state index contributed by atoms with van der Waals surface area (Å²) in [7, 11) is 0. The largest absolute Gasteiger partial charge is 0.353 e. The molecule has 0 spiro atoms. The summed E-state index contributed by atoms with van der Waals surface area (Å²) in [6.07, 6.45) is 9.55. The fraction of sp³-hybridized carbons (Fsp3) is 0.882. The molecule has 0 bridgehead atoms. The molecular weight excluding hydrogens is 264 g/mol. The van der Waals surface area contributed by atoms with Gasteiger partial charge in [0.25, 0.3) is 0 Å². The lowest BCUT2D eigenvalue weighted by molar-refractivity contribution is -0.130. The molecule has 0 aromatic rings. The van der Waals surface area contributed by atoms with Crippen LogP contribution in [0.25, 0.3) is 0 Å². The lowest BCUT2D eigenvalue weighted by Gasteiger charge is -2.26. The molecule has 1 atom stereocenters. The van der Waals surface area contributed by atoms with E-state index in [1.165, 1.54) is 25.7 Å². The van der Waals surface area contributed by atoms with Gasteiger partial charge >= 0.3 is 0 Å². The van der Waals surface area contributed by atoms with Crippen molar-refractivity contribution in [1.29, 1.82) is 0 Å². The standard InChI is InChI=1S/C17H30N2O2/c1-3-15(4-2)19-12-13(11-16(19)20)17(21)18-14-9-7-5-6-8-10-14/h13-15H,3-12H2,1-2H3,(H,18,21). The summed E-state index contributed by atoms with van der Waals surface area (Å²) in [6.45, 7) is 4.84. The Labute approximate surface area is 128 Å². The first kappa shape index (κ1) is 16.3. The fourth-order valence-corrected chi connectivity index (χ4v) is 3.73. The van der Waals surface area contributed by atoms with Gasteiger partial charge in [-0.2, -0.15) is 0 Å². The minimum atomic E-state index is -0.138. The third-order valence-electron chi connectivity index (χ3n) is 5.11. The fourth-order valence-electron chi connectivity index (χ4n) is 3.73. The van der Waals surface area contributed by atoms with Crippen molar-refractivity contribution in [1.82, 2.24) is 10.2 Å². The molecule has 1 aliphatic carbocycles. The van der Waals surface area contributed by atoms with Crippen LogP contribution in [0.15, 0.2) is 0 Å². The summed E-state index contributed by atoms with van der Waals surface area (Å²) < 4.78 is 0. The maximum atomic E-state index is 12.4. The lowest BCUT2D eigenvalue weighted by Crippen LogP contribution is -2.41. The molecule has 1 saturated heterocycles. The van der Waals surface area contributed by atoms with Gasteiger partial charge in [-0.05, 0) is 25.7 Å². The van der Waals surface area contributed by atoms with Crippen molar-refractivity contribution in [3.63, 3.8) is 0 Å². The first-order chi connectivity index (χ1) is 10.2. The predicted molar refractivity (Wildman–Crippen MR) is 83.8 cm³/mol. The summed E-state index contributed by atoms with van der Waals surface area (Å²) >= 11 is 0. The molecule has 1 heterocycles. The molecule has 4 heteroatoms. The Kier molecular flexibility index (Phi) is 6.07. The van der Waals surface area contributed by atoms with Crippen LogP contribution in [0.4, 0.5) is 0 Å². The first-order valence-corrected chi connectivity index (χ1v) is 8.75. The second kappa shape index (κ2) is 7.81. The summed E-state index contributed by atoms with van der Waals surface area (Å²) in [5.41, 5.74) is 0. The van der Waals surface area contributed by atoms with Crippen LogP contribution in [-0.4, -0.2) is 35.3 Å². The molecule has 4 nitrogen and oxygen atoms in total. The molecule has 2 amide bonds. The van der Waals surface area contributed by atoms with Gasteiger partial charge in [0, 0.05) is 25.0 Å². The molecule has 21 heavy (non-hydrogen) atoms. The van der Waals surface area contributed by atoms with Gasteiger partial charge in [-0.3, -0.25) is 9.59 Å². The first-order valence-electron chi connectivity index (χ1n) is 8.75. The van der Waals surface area contributed by atoms with E-state index in [4.69, 9.17) is 0 Å². The van der Waals surface area contributed by atoms with Crippen LogP contribution in [0, 0.1) is 5.92 Å². The molecule has 1 aliphatic heterocycles. The Hall–Kier alpha value is -1.06. The molecule has 0 radical (unpaired) electrons. The molecule has 2 rings (SSSR count). The topological polar surface area (TPSA) is 49.4 Å². The quantitative estimate of drug-likeness (QED) is 0.793. The van der Waals surface area contributed by atoms with E-state index in [1.807, 2.05) is 4.90 Å².